The van der Waals surface area contributed by atoms with Gasteiger partial charge in [0.2, 0.25) is 5.88 Å². The first-order valence-corrected chi connectivity index (χ1v) is 9.11. The molecule has 0 radical (unpaired) electrons. The lowest BCUT2D eigenvalue weighted by Crippen LogP contribution is -2.46. The van der Waals surface area contributed by atoms with Crippen molar-refractivity contribution in [3.63, 3.8) is 0 Å². The number of rotatable bonds is 4. The number of piperidine rings is 1. The summed E-state index contributed by atoms with van der Waals surface area (Å²) in [5.41, 5.74) is 3.05. The lowest BCUT2D eigenvalue weighted by Gasteiger charge is -2.26. The molecule has 0 saturated carbocycles. The van der Waals surface area contributed by atoms with E-state index >= 15 is 0 Å². The molecule has 144 valence electrons. The number of ether oxygens (including phenoxy) is 1. The molecule has 1 aromatic carbocycles. The number of aromatic nitrogens is 1. The van der Waals surface area contributed by atoms with E-state index < -0.39 is 12.0 Å². The maximum absolute atomic E-state index is 12.3. The Kier molecular flexibility index (Phi) is 6.20. The van der Waals surface area contributed by atoms with Gasteiger partial charge in [-0.1, -0.05) is 40.8 Å². The monoisotopic (exact) mass is 412 g/mol. The van der Waals surface area contributed by atoms with Gasteiger partial charge >= 0.3 is 12.0 Å². The molecule has 0 aliphatic carbocycles. The summed E-state index contributed by atoms with van der Waals surface area (Å²) >= 11 is 12.4. The summed E-state index contributed by atoms with van der Waals surface area (Å²) in [7, 11) is 1.21. The van der Waals surface area contributed by atoms with Gasteiger partial charge in [0, 0.05) is 18.7 Å². The van der Waals surface area contributed by atoms with Gasteiger partial charge in [0.15, 0.2) is 5.56 Å². The number of carbonyl (C=O) groups excluding carboxylic acids is 2. The lowest BCUT2D eigenvalue weighted by molar-refractivity contribution is 0.0602. The summed E-state index contributed by atoms with van der Waals surface area (Å²) < 4.78 is 9.99. The molecule has 1 aromatic heterocycles. The summed E-state index contributed by atoms with van der Waals surface area (Å²) in [6.07, 6.45) is 3.15. The van der Waals surface area contributed by atoms with Crippen molar-refractivity contribution >= 4 is 41.1 Å². The average Bonchev–Trinajstić information content (AvgIpc) is 3.04. The van der Waals surface area contributed by atoms with E-state index in [1.54, 1.807) is 23.2 Å². The Balaban J connectivity index is 1.89. The molecule has 0 bridgehead atoms. The van der Waals surface area contributed by atoms with E-state index in [4.69, 9.17) is 32.5 Å². The number of hydrogen-bond acceptors (Lipinski definition) is 6. The third kappa shape index (κ3) is 4.35. The highest BCUT2D eigenvalue weighted by atomic mass is 35.5. The maximum atomic E-state index is 12.3. The number of amides is 2. The van der Waals surface area contributed by atoms with E-state index in [2.05, 4.69) is 15.9 Å². The van der Waals surface area contributed by atoms with Gasteiger partial charge in [-0.3, -0.25) is 10.7 Å². The Morgan fingerprint density at radius 2 is 1.85 bits per heavy atom. The van der Waals surface area contributed by atoms with E-state index in [-0.39, 0.29) is 27.2 Å². The fourth-order valence-corrected chi connectivity index (χ4v) is 3.42. The van der Waals surface area contributed by atoms with Crippen LogP contribution in [-0.2, 0) is 4.74 Å². The highest BCUT2D eigenvalue weighted by molar-refractivity contribution is 6.39. The Hall–Kier alpha value is -2.29. The van der Waals surface area contributed by atoms with E-state index in [0.717, 1.165) is 32.4 Å². The lowest BCUT2D eigenvalue weighted by atomic mass is 10.1. The molecule has 8 nitrogen and oxygen atoms in total. The van der Waals surface area contributed by atoms with E-state index in [1.807, 2.05) is 0 Å². The number of nitrogens with one attached hydrogen (secondary N) is 2. The molecule has 0 spiro atoms. The predicted molar refractivity (Wildman–Crippen MR) is 101 cm³/mol. The smallest absolute Gasteiger partial charge is 0.345 e. The molecule has 1 fully saturated rings. The van der Waals surface area contributed by atoms with Crippen molar-refractivity contribution < 1.29 is 18.8 Å². The van der Waals surface area contributed by atoms with Crippen molar-refractivity contribution in [1.82, 2.24) is 15.6 Å². The van der Waals surface area contributed by atoms with Crippen molar-refractivity contribution in [3.05, 3.63) is 33.8 Å². The number of anilines is 1. The van der Waals surface area contributed by atoms with Gasteiger partial charge in [-0.25, -0.2) is 14.6 Å². The zero-order chi connectivity index (χ0) is 19.4. The largest absolute Gasteiger partial charge is 0.465 e. The highest BCUT2D eigenvalue weighted by Crippen LogP contribution is 2.38. The second kappa shape index (κ2) is 8.60. The molecule has 1 aliphatic rings. The molecular weight excluding hydrogens is 395 g/mol. The summed E-state index contributed by atoms with van der Waals surface area (Å²) in [5, 5.41) is 8.74. The second-order valence-corrected chi connectivity index (χ2v) is 6.75. The van der Waals surface area contributed by atoms with Gasteiger partial charge in [0.25, 0.3) is 0 Å². The third-order valence-corrected chi connectivity index (χ3v) is 4.75. The predicted octanol–water partition coefficient (Wildman–Crippen LogP) is 3.96. The molecule has 27 heavy (non-hydrogen) atoms. The Morgan fingerprint density at radius 1 is 1.19 bits per heavy atom. The zero-order valence-corrected chi connectivity index (χ0v) is 16.1. The summed E-state index contributed by atoms with van der Waals surface area (Å²) in [6.45, 7) is 1.52. The molecule has 3 rings (SSSR count). The first-order valence-electron chi connectivity index (χ1n) is 8.36. The van der Waals surface area contributed by atoms with Crippen LogP contribution in [0.4, 0.5) is 10.7 Å². The van der Waals surface area contributed by atoms with Crippen LogP contribution in [-0.4, -0.2) is 42.4 Å². The van der Waals surface area contributed by atoms with Crippen molar-refractivity contribution in [1.29, 1.82) is 0 Å². The van der Waals surface area contributed by atoms with Crippen molar-refractivity contribution in [2.75, 3.05) is 25.5 Å². The number of carbonyl (C=O) groups is 2. The molecule has 1 aliphatic heterocycles. The second-order valence-electron chi connectivity index (χ2n) is 5.94. The number of halogens is 2. The fourth-order valence-electron chi connectivity index (χ4n) is 2.84. The standard InChI is InChI=1S/C17H18Cl2N4O4/c1-26-16(24)13-14(12-10(18)6-5-7-11(12)19)22-27-15(13)20-17(25)21-23-8-3-2-4-9-23/h5-7H,2-4,8-9H2,1H3,(H2,20,21,25). The minimum absolute atomic E-state index is 0.0682. The van der Waals surface area contributed by atoms with Gasteiger partial charge in [0.1, 0.15) is 5.69 Å². The summed E-state index contributed by atoms with van der Waals surface area (Å²) in [4.78, 5) is 24.6. The number of benzene rings is 1. The summed E-state index contributed by atoms with van der Waals surface area (Å²) in [5.74, 6) is -0.891. The number of hydrazine groups is 1. The quantitative estimate of drug-likeness (QED) is 0.737. The van der Waals surface area contributed by atoms with E-state index in [0.29, 0.717) is 5.56 Å². The average molecular weight is 413 g/mol. The Morgan fingerprint density at radius 3 is 2.48 bits per heavy atom. The fraction of sp³-hybridized carbons (Fsp3) is 0.353. The van der Waals surface area contributed by atoms with Crippen LogP contribution in [0.3, 0.4) is 0 Å². The molecule has 0 unspecified atom stereocenters. The number of esters is 1. The highest BCUT2D eigenvalue weighted by Gasteiger charge is 2.29. The third-order valence-electron chi connectivity index (χ3n) is 4.12. The Bertz CT molecular complexity index is 829. The molecular formula is C17H18Cl2N4O4. The van der Waals surface area contributed by atoms with Crippen LogP contribution in [0.1, 0.15) is 29.6 Å². The minimum atomic E-state index is -0.740. The van der Waals surface area contributed by atoms with Gasteiger partial charge in [0.05, 0.1) is 17.2 Å². The first kappa shape index (κ1) is 19.5. The van der Waals surface area contributed by atoms with Crippen LogP contribution in [0.15, 0.2) is 22.7 Å². The SMILES string of the molecule is COC(=O)c1c(-c2c(Cl)cccc2Cl)noc1NC(=O)NN1CCCCC1. The van der Waals surface area contributed by atoms with Crippen LogP contribution < -0.4 is 10.7 Å². The van der Waals surface area contributed by atoms with Gasteiger partial charge < -0.3 is 9.26 Å². The van der Waals surface area contributed by atoms with Crippen molar-refractivity contribution in [3.8, 4) is 11.3 Å². The molecule has 0 atom stereocenters. The molecule has 2 N–H and O–H groups in total. The minimum Gasteiger partial charge on any atom is -0.465 e. The van der Waals surface area contributed by atoms with E-state index in [1.165, 1.54) is 7.11 Å². The van der Waals surface area contributed by atoms with Crippen LogP contribution in [0, 0.1) is 0 Å². The molecule has 2 amide bonds. The van der Waals surface area contributed by atoms with Crippen molar-refractivity contribution in [2.24, 2.45) is 0 Å². The topological polar surface area (TPSA) is 96.7 Å². The number of methoxy groups -OCH3 is 1. The van der Waals surface area contributed by atoms with Gasteiger partial charge in [-0.05, 0) is 25.0 Å². The summed E-state index contributed by atoms with van der Waals surface area (Å²) in [6, 6.07) is 4.33. The molecule has 10 heteroatoms. The van der Waals surface area contributed by atoms with Crippen LogP contribution in [0.5, 0.6) is 0 Å². The molecule has 2 aromatic rings. The maximum Gasteiger partial charge on any atom is 0.345 e. The van der Waals surface area contributed by atoms with Crippen LogP contribution >= 0.6 is 23.2 Å². The number of urea groups is 1. The first-order chi connectivity index (χ1) is 13.0. The van der Waals surface area contributed by atoms with Crippen LogP contribution in [0.2, 0.25) is 10.0 Å². The molecule has 1 saturated heterocycles. The normalized spacial score (nSPS) is 14.6. The zero-order valence-electron chi connectivity index (χ0n) is 14.6. The molecule has 2 heterocycles. The van der Waals surface area contributed by atoms with E-state index in [9.17, 15) is 9.59 Å². The Labute approximate surface area is 165 Å². The van der Waals surface area contributed by atoms with Crippen LogP contribution in [0.25, 0.3) is 11.3 Å². The number of nitrogens with zero attached hydrogens (tertiary/aromatic N) is 2. The van der Waals surface area contributed by atoms with Gasteiger partial charge in [-0.15, -0.1) is 0 Å². The van der Waals surface area contributed by atoms with Crippen molar-refractivity contribution in [2.45, 2.75) is 19.3 Å². The van der Waals surface area contributed by atoms with Gasteiger partial charge in [-0.2, -0.15) is 0 Å². The number of hydrogen-bond donors (Lipinski definition) is 2.